The molecule has 7 heteroatoms. The van der Waals surface area contributed by atoms with E-state index in [0.29, 0.717) is 12.2 Å². The minimum absolute atomic E-state index is 0.0702. The summed E-state index contributed by atoms with van der Waals surface area (Å²) in [6.45, 7) is 3.52. The van der Waals surface area contributed by atoms with Crippen molar-refractivity contribution < 1.29 is 9.59 Å². The first-order valence-corrected chi connectivity index (χ1v) is 11.8. The van der Waals surface area contributed by atoms with E-state index < -0.39 is 5.56 Å². The van der Waals surface area contributed by atoms with Crippen LogP contribution in [0, 0.1) is 5.92 Å². The van der Waals surface area contributed by atoms with Gasteiger partial charge in [-0.3, -0.25) is 19.0 Å². The first kappa shape index (κ1) is 23.4. The fraction of sp³-hybridized carbons (Fsp3) is 0.333. The number of hydrogen-bond acceptors (Lipinski definition) is 4. The molecule has 0 saturated carbocycles. The number of carbonyl (C=O) groups is 2. The van der Waals surface area contributed by atoms with Crippen LogP contribution in [0.2, 0.25) is 0 Å². The minimum atomic E-state index is -0.454. The number of nitrogens with zero attached hydrogens (tertiary/aromatic N) is 2. The molecule has 0 unspecified atom stereocenters. The number of aromatic nitrogens is 2. The number of carbonyl (C=O) groups excluding carboxylic acids is 2. The lowest BCUT2D eigenvalue weighted by atomic mass is 9.88. The van der Waals surface area contributed by atoms with Crippen molar-refractivity contribution in [3.05, 3.63) is 82.3 Å². The maximum Gasteiger partial charge on any atom is 0.278 e. The maximum atomic E-state index is 13.4. The van der Waals surface area contributed by atoms with E-state index in [1.807, 2.05) is 55.5 Å². The molecule has 2 atom stereocenters. The van der Waals surface area contributed by atoms with Crippen LogP contribution in [0.5, 0.6) is 0 Å². The Hall–Kier alpha value is -3.74. The number of benzene rings is 2. The van der Waals surface area contributed by atoms with Gasteiger partial charge >= 0.3 is 0 Å². The first-order chi connectivity index (χ1) is 16.5. The molecule has 2 N–H and O–H groups in total. The molecule has 2 aromatic carbocycles. The second kappa shape index (κ2) is 10.5. The molecule has 3 aromatic rings. The maximum absolute atomic E-state index is 13.4. The SMILES string of the molecule is CC[C@@H](C)C(=O)Nc1cnc(-c2ccccc2)n(CC(=O)N[C@@H]2CCCc3ccccc32)c1=O. The van der Waals surface area contributed by atoms with E-state index in [1.54, 1.807) is 6.92 Å². The highest BCUT2D eigenvalue weighted by Gasteiger charge is 2.23. The Kier molecular flexibility index (Phi) is 7.21. The Morgan fingerprint density at radius 3 is 2.62 bits per heavy atom. The third-order valence-electron chi connectivity index (χ3n) is 6.40. The van der Waals surface area contributed by atoms with Crippen LogP contribution >= 0.6 is 0 Å². The smallest absolute Gasteiger partial charge is 0.278 e. The van der Waals surface area contributed by atoms with Gasteiger partial charge < -0.3 is 10.6 Å². The quantitative estimate of drug-likeness (QED) is 0.558. The van der Waals surface area contributed by atoms with Crippen molar-refractivity contribution in [2.24, 2.45) is 5.92 Å². The molecule has 0 radical (unpaired) electrons. The number of anilines is 1. The van der Waals surface area contributed by atoms with Crippen LogP contribution in [-0.4, -0.2) is 21.4 Å². The molecule has 0 spiro atoms. The molecule has 1 aliphatic carbocycles. The van der Waals surface area contributed by atoms with Crippen molar-refractivity contribution >= 4 is 17.5 Å². The van der Waals surface area contributed by atoms with E-state index in [1.165, 1.54) is 16.3 Å². The summed E-state index contributed by atoms with van der Waals surface area (Å²) in [6, 6.07) is 17.3. The zero-order valence-corrected chi connectivity index (χ0v) is 19.6. The van der Waals surface area contributed by atoms with Crippen LogP contribution in [0.15, 0.2) is 65.6 Å². The third-order valence-corrected chi connectivity index (χ3v) is 6.40. The zero-order valence-electron chi connectivity index (χ0n) is 19.6. The van der Waals surface area contributed by atoms with Gasteiger partial charge in [-0.15, -0.1) is 0 Å². The van der Waals surface area contributed by atoms with Gasteiger partial charge in [0.05, 0.1) is 12.2 Å². The minimum Gasteiger partial charge on any atom is -0.348 e. The number of aryl methyl sites for hydroxylation is 1. The van der Waals surface area contributed by atoms with Crippen LogP contribution in [0.1, 0.15) is 50.3 Å². The molecule has 1 aromatic heterocycles. The molecule has 1 aliphatic rings. The second-order valence-corrected chi connectivity index (χ2v) is 8.76. The molecule has 176 valence electrons. The van der Waals surface area contributed by atoms with E-state index >= 15 is 0 Å². The molecule has 0 saturated heterocycles. The third kappa shape index (κ3) is 5.09. The average Bonchev–Trinajstić information content (AvgIpc) is 2.86. The monoisotopic (exact) mass is 458 g/mol. The van der Waals surface area contributed by atoms with E-state index in [-0.39, 0.29) is 36.0 Å². The normalized spacial score (nSPS) is 15.8. The fourth-order valence-corrected chi connectivity index (χ4v) is 4.27. The number of nitrogens with one attached hydrogen (secondary N) is 2. The predicted molar refractivity (Wildman–Crippen MR) is 132 cm³/mol. The van der Waals surface area contributed by atoms with Gasteiger partial charge in [-0.25, -0.2) is 4.98 Å². The summed E-state index contributed by atoms with van der Waals surface area (Å²) in [5.41, 5.74) is 2.71. The molecule has 0 bridgehead atoms. The summed E-state index contributed by atoms with van der Waals surface area (Å²) in [5.74, 6) is -0.375. The van der Waals surface area contributed by atoms with E-state index in [9.17, 15) is 14.4 Å². The topological polar surface area (TPSA) is 93.1 Å². The van der Waals surface area contributed by atoms with Gasteiger partial charge in [0, 0.05) is 11.5 Å². The summed E-state index contributed by atoms with van der Waals surface area (Å²) >= 11 is 0. The van der Waals surface area contributed by atoms with Gasteiger partial charge in [0.2, 0.25) is 11.8 Å². The molecule has 7 nitrogen and oxygen atoms in total. The highest BCUT2D eigenvalue weighted by Crippen LogP contribution is 2.29. The Morgan fingerprint density at radius 2 is 1.85 bits per heavy atom. The van der Waals surface area contributed by atoms with E-state index in [2.05, 4.69) is 21.7 Å². The van der Waals surface area contributed by atoms with Crippen molar-refractivity contribution in [3.8, 4) is 11.4 Å². The van der Waals surface area contributed by atoms with Crippen LogP contribution in [-0.2, 0) is 22.6 Å². The highest BCUT2D eigenvalue weighted by molar-refractivity contribution is 5.92. The lowest BCUT2D eigenvalue weighted by Gasteiger charge is -2.26. The van der Waals surface area contributed by atoms with Gasteiger partial charge in [0.25, 0.3) is 5.56 Å². The van der Waals surface area contributed by atoms with Gasteiger partial charge in [0.1, 0.15) is 18.1 Å². The number of rotatable bonds is 7. The molecule has 34 heavy (non-hydrogen) atoms. The van der Waals surface area contributed by atoms with Crippen molar-refractivity contribution in [1.82, 2.24) is 14.9 Å². The van der Waals surface area contributed by atoms with Crippen molar-refractivity contribution in [1.29, 1.82) is 0 Å². The standard InChI is InChI=1S/C27H30N4O3/c1-3-18(2)26(33)30-23-16-28-25(20-11-5-4-6-12-20)31(27(23)34)17-24(32)29-22-15-9-13-19-10-7-8-14-21(19)22/h4-8,10-12,14,16,18,22H,3,9,13,15,17H2,1-2H3,(H,29,32)(H,30,33)/t18-,22-/m1/s1. The van der Waals surface area contributed by atoms with Crippen LogP contribution in [0.4, 0.5) is 5.69 Å². The molecule has 4 rings (SSSR count). The summed E-state index contributed by atoms with van der Waals surface area (Å²) in [5, 5.41) is 5.78. The van der Waals surface area contributed by atoms with E-state index in [4.69, 9.17) is 0 Å². The fourth-order valence-electron chi connectivity index (χ4n) is 4.27. The summed E-state index contributed by atoms with van der Waals surface area (Å²) in [7, 11) is 0. The van der Waals surface area contributed by atoms with Crippen molar-refractivity contribution in [3.63, 3.8) is 0 Å². The summed E-state index contributed by atoms with van der Waals surface area (Å²) in [4.78, 5) is 43.3. The molecule has 2 amide bonds. The molecule has 0 aliphatic heterocycles. The second-order valence-electron chi connectivity index (χ2n) is 8.76. The number of fused-ring (bicyclic) bond motifs is 1. The Labute approximate surface area is 199 Å². The molecular weight excluding hydrogens is 428 g/mol. The summed E-state index contributed by atoms with van der Waals surface area (Å²) < 4.78 is 1.34. The predicted octanol–water partition coefficient (Wildman–Crippen LogP) is 4.09. The van der Waals surface area contributed by atoms with Crippen molar-refractivity contribution in [2.75, 3.05) is 5.32 Å². The highest BCUT2D eigenvalue weighted by atomic mass is 16.2. The van der Waals surface area contributed by atoms with E-state index in [0.717, 1.165) is 30.4 Å². The number of hydrogen-bond donors (Lipinski definition) is 2. The Bertz CT molecular complexity index is 1240. The molecule has 1 heterocycles. The van der Waals surface area contributed by atoms with Crippen molar-refractivity contribution in [2.45, 2.75) is 52.1 Å². The molecular formula is C27H30N4O3. The van der Waals surface area contributed by atoms with Gasteiger partial charge in [-0.1, -0.05) is 68.4 Å². The lowest BCUT2D eigenvalue weighted by Crippen LogP contribution is -2.37. The van der Waals surface area contributed by atoms with Gasteiger partial charge in [-0.05, 0) is 36.8 Å². The van der Waals surface area contributed by atoms with Crippen LogP contribution in [0.25, 0.3) is 11.4 Å². The Balaban J connectivity index is 1.63. The van der Waals surface area contributed by atoms with Crippen LogP contribution < -0.4 is 16.2 Å². The lowest BCUT2D eigenvalue weighted by molar-refractivity contribution is -0.122. The largest absolute Gasteiger partial charge is 0.348 e. The first-order valence-electron chi connectivity index (χ1n) is 11.8. The Morgan fingerprint density at radius 1 is 1.12 bits per heavy atom. The van der Waals surface area contributed by atoms with Gasteiger partial charge in [-0.2, -0.15) is 0 Å². The zero-order chi connectivity index (χ0) is 24.1. The number of amides is 2. The molecule has 0 fully saturated rings. The summed E-state index contributed by atoms with van der Waals surface area (Å²) in [6.07, 6.45) is 4.88. The van der Waals surface area contributed by atoms with Gasteiger partial charge in [0.15, 0.2) is 0 Å². The average molecular weight is 459 g/mol. The van der Waals surface area contributed by atoms with Crippen LogP contribution in [0.3, 0.4) is 0 Å².